The molecule has 1 saturated carbocycles. The van der Waals surface area contributed by atoms with Gasteiger partial charge in [-0.3, -0.25) is 4.79 Å². The molecule has 0 bridgehead atoms. The van der Waals surface area contributed by atoms with Crippen LogP contribution in [0.3, 0.4) is 0 Å². The van der Waals surface area contributed by atoms with E-state index in [-0.39, 0.29) is 23.5 Å². The molecular weight excluding hydrogens is 240 g/mol. The zero-order valence-corrected chi connectivity index (χ0v) is 13.3. The van der Waals surface area contributed by atoms with E-state index in [1.807, 2.05) is 32.7 Å². The fourth-order valence-electron chi connectivity index (χ4n) is 3.12. The molecule has 0 spiro atoms. The lowest BCUT2D eigenvalue weighted by Gasteiger charge is -2.58. The minimum Gasteiger partial charge on any atom is -0.378 e. The van der Waals surface area contributed by atoms with Crippen molar-refractivity contribution in [3.8, 4) is 0 Å². The highest BCUT2D eigenvalue weighted by Gasteiger charge is 2.63. The summed E-state index contributed by atoms with van der Waals surface area (Å²) in [5.74, 6) is 0.0575. The molecule has 112 valence electrons. The topological polar surface area (TPSA) is 55.6 Å². The van der Waals surface area contributed by atoms with Crippen molar-refractivity contribution in [3.05, 3.63) is 0 Å². The van der Waals surface area contributed by atoms with Crippen LogP contribution >= 0.6 is 0 Å². The second kappa shape index (κ2) is 5.80. The van der Waals surface area contributed by atoms with Gasteiger partial charge in [-0.1, -0.05) is 27.7 Å². The summed E-state index contributed by atoms with van der Waals surface area (Å²) < 4.78 is 5.68. The van der Waals surface area contributed by atoms with Gasteiger partial charge in [0.1, 0.15) is 5.54 Å². The highest BCUT2D eigenvalue weighted by molar-refractivity contribution is 5.89. The Hall–Kier alpha value is -0.610. The van der Waals surface area contributed by atoms with Crippen molar-refractivity contribution in [1.82, 2.24) is 4.90 Å². The number of carbonyl (C=O) groups is 1. The molecule has 1 aliphatic rings. The molecule has 4 heteroatoms. The number of nitrogens with two attached hydrogens (primary N) is 1. The van der Waals surface area contributed by atoms with Crippen molar-refractivity contribution in [2.45, 2.75) is 71.6 Å². The Balaban J connectivity index is 2.83. The summed E-state index contributed by atoms with van der Waals surface area (Å²) in [7, 11) is 1.87. The van der Waals surface area contributed by atoms with Crippen LogP contribution in [0.1, 0.15) is 53.9 Å². The Morgan fingerprint density at radius 1 is 1.37 bits per heavy atom. The van der Waals surface area contributed by atoms with Gasteiger partial charge in [0.05, 0.1) is 6.10 Å². The standard InChI is InChI=1S/C15H30N2O2/c1-7-11(8-2)17(6)13(18)15(16)10-12(19-9-3)14(15,4)5/h11-12H,7-10,16H2,1-6H3. The summed E-state index contributed by atoms with van der Waals surface area (Å²) in [6.45, 7) is 10.9. The number of hydrogen-bond acceptors (Lipinski definition) is 3. The van der Waals surface area contributed by atoms with Gasteiger partial charge in [-0.2, -0.15) is 0 Å². The predicted octanol–water partition coefficient (Wildman–Crippen LogP) is 2.17. The number of nitrogens with zero attached hydrogens (tertiary/aromatic N) is 1. The summed E-state index contributed by atoms with van der Waals surface area (Å²) in [5, 5.41) is 0. The van der Waals surface area contributed by atoms with Gasteiger partial charge in [0.25, 0.3) is 0 Å². The average Bonchev–Trinajstić information content (AvgIpc) is 2.38. The number of rotatable bonds is 6. The van der Waals surface area contributed by atoms with E-state index in [9.17, 15) is 4.79 Å². The maximum absolute atomic E-state index is 12.7. The van der Waals surface area contributed by atoms with Crippen molar-refractivity contribution in [2.24, 2.45) is 11.1 Å². The van der Waals surface area contributed by atoms with Gasteiger partial charge in [-0.25, -0.2) is 0 Å². The van der Waals surface area contributed by atoms with Crippen molar-refractivity contribution in [2.75, 3.05) is 13.7 Å². The molecule has 1 aliphatic carbocycles. The van der Waals surface area contributed by atoms with Gasteiger partial charge in [-0.05, 0) is 19.8 Å². The third kappa shape index (κ3) is 2.52. The fraction of sp³-hybridized carbons (Fsp3) is 0.933. The van der Waals surface area contributed by atoms with Crippen LogP contribution in [0.15, 0.2) is 0 Å². The van der Waals surface area contributed by atoms with Crippen molar-refractivity contribution < 1.29 is 9.53 Å². The van der Waals surface area contributed by atoms with Crippen LogP contribution in [0.5, 0.6) is 0 Å². The minimum absolute atomic E-state index is 0.0575. The number of carbonyl (C=O) groups excluding carboxylic acids is 1. The molecule has 19 heavy (non-hydrogen) atoms. The molecule has 0 aromatic rings. The summed E-state index contributed by atoms with van der Waals surface area (Å²) in [4.78, 5) is 14.6. The second-order valence-corrected chi connectivity index (χ2v) is 6.23. The molecule has 1 rings (SSSR count). The predicted molar refractivity (Wildman–Crippen MR) is 77.9 cm³/mol. The fourth-order valence-corrected chi connectivity index (χ4v) is 3.12. The first-order chi connectivity index (χ1) is 8.76. The zero-order valence-electron chi connectivity index (χ0n) is 13.3. The van der Waals surface area contributed by atoms with Crippen LogP contribution in [-0.2, 0) is 9.53 Å². The summed E-state index contributed by atoms with van der Waals surface area (Å²) >= 11 is 0. The van der Waals surface area contributed by atoms with Gasteiger partial charge < -0.3 is 15.4 Å². The first-order valence-corrected chi connectivity index (χ1v) is 7.43. The Labute approximate surface area is 117 Å². The number of hydrogen-bond donors (Lipinski definition) is 1. The molecule has 2 atom stereocenters. The molecule has 2 unspecified atom stereocenters. The van der Waals surface area contributed by atoms with Crippen molar-refractivity contribution in [1.29, 1.82) is 0 Å². The Bertz CT molecular complexity index is 326. The Morgan fingerprint density at radius 2 is 1.89 bits per heavy atom. The molecular formula is C15H30N2O2. The maximum Gasteiger partial charge on any atom is 0.243 e. The van der Waals surface area contributed by atoms with Crippen LogP contribution in [0.25, 0.3) is 0 Å². The third-order valence-corrected chi connectivity index (χ3v) is 5.02. The molecule has 4 nitrogen and oxygen atoms in total. The highest BCUT2D eigenvalue weighted by Crippen LogP contribution is 2.50. The highest BCUT2D eigenvalue weighted by atomic mass is 16.5. The zero-order chi connectivity index (χ0) is 14.8. The molecule has 0 aliphatic heterocycles. The molecule has 1 fully saturated rings. The van der Waals surface area contributed by atoms with E-state index in [1.54, 1.807) is 0 Å². The smallest absolute Gasteiger partial charge is 0.243 e. The van der Waals surface area contributed by atoms with Crippen molar-refractivity contribution in [3.63, 3.8) is 0 Å². The van der Waals surface area contributed by atoms with E-state index in [2.05, 4.69) is 13.8 Å². The lowest BCUT2D eigenvalue weighted by Crippen LogP contribution is -2.76. The van der Waals surface area contributed by atoms with E-state index in [4.69, 9.17) is 10.5 Å². The molecule has 0 radical (unpaired) electrons. The maximum atomic E-state index is 12.7. The average molecular weight is 270 g/mol. The molecule has 2 N–H and O–H groups in total. The molecule has 0 aromatic carbocycles. The molecule has 0 saturated heterocycles. The van der Waals surface area contributed by atoms with Crippen LogP contribution < -0.4 is 5.73 Å². The summed E-state index contributed by atoms with van der Waals surface area (Å²) in [6.07, 6.45) is 2.63. The Kier molecular flexibility index (Phi) is 5.02. The summed E-state index contributed by atoms with van der Waals surface area (Å²) in [5.41, 5.74) is 5.33. The molecule has 0 aromatic heterocycles. The molecule has 1 amide bonds. The Morgan fingerprint density at radius 3 is 2.26 bits per heavy atom. The quantitative estimate of drug-likeness (QED) is 0.804. The monoisotopic (exact) mass is 270 g/mol. The lowest BCUT2D eigenvalue weighted by molar-refractivity contribution is -0.180. The first-order valence-electron chi connectivity index (χ1n) is 7.43. The van der Waals surface area contributed by atoms with E-state index in [0.29, 0.717) is 13.0 Å². The third-order valence-electron chi connectivity index (χ3n) is 5.02. The van der Waals surface area contributed by atoms with E-state index >= 15 is 0 Å². The van der Waals surface area contributed by atoms with E-state index in [1.165, 1.54) is 0 Å². The van der Waals surface area contributed by atoms with Gasteiger partial charge in [0.2, 0.25) is 5.91 Å². The first kappa shape index (κ1) is 16.4. The summed E-state index contributed by atoms with van der Waals surface area (Å²) in [6, 6.07) is 0.273. The molecule has 0 heterocycles. The SMILES string of the molecule is CCOC1CC(N)(C(=O)N(C)C(CC)CC)C1(C)C. The van der Waals surface area contributed by atoms with Gasteiger partial charge in [-0.15, -0.1) is 0 Å². The largest absolute Gasteiger partial charge is 0.378 e. The number of amides is 1. The number of likely N-dealkylation sites (N-methyl/N-ethyl adjacent to an activating group) is 1. The van der Waals surface area contributed by atoms with Gasteiger partial charge >= 0.3 is 0 Å². The van der Waals surface area contributed by atoms with Crippen LogP contribution in [-0.4, -0.2) is 42.1 Å². The van der Waals surface area contributed by atoms with Crippen LogP contribution in [0.2, 0.25) is 0 Å². The normalized spacial score (nSPS) is 29.2. The van der Waals surface area contributed by atoms with E-state index in [0.717, 1.165) is 12.8 Å². The van der Waals surface area contributed by atoms with Gasteiger partial charge in [0.15, 0.2) is 0 Å². The lowest BCUT2D eigenvalue weighted by atomic mass is 9.54. The second-order valence-electron chi connectivity index (χ2n) is 6.23. The van der Waals surface area contributed by atoms with Gasteiger partial charge in [0, 0.05) is 31.5 Å². The van der Waals surface area contributed by atoms with Crippen molar-refractivity contribution >= 4 is 5.91 Å². The van der Waals surface area contributed by atoms with Crippen LogP contribution in [0, 0.1) is 5.41 Å². The van der Waals surface area contributed by atoms with E-state index < -0.39 is 5.54 Å². The van der Waals surface area contributed by atoms with Crippen LogP contribution in [0.4, 0.5) is 0 Å². The minimum atomic E-state index is -0.788. The number of ether oxygens (including phenoxy) is 1.